The molecule has 3 rings (SSSR count). The first-order chi connectivity index (χ1) is 14.1. The van der Waals surface area contributed by atoms with E-state index in [9.17, 15) is 4.79 Å². The molecule has 0 fully saturated rings. The number of rotatable bonds is 9. The molecule has 1 aromatic heterocycles. The molecule has 0 radical (unpaired) electrons. The summed E-state index contributed by atoms with van der Waals surface area (Å²) in [5, 5.41) is 12.0. The van der Waals surface area contributed by atoms with Gasteiger partial charge in [-0.05, 0) is 13.0 Å². The van der Waals surface area contributed by atoms with E-state index in [1.165, 1.54) is 11.8 Å². The van der Waals surface area contributed by atoms with E-state index in [2.05, 4.69) is 22.1 Å². The molecule has 0 saturated heterocycles. The fourth-order valence-electron chi connectivity index (χ4n) is 2.86. The molecule has 1 amide bonds. The van der Waals surface area contributed by atoms with Crippen molar-refractivity contribution in [2.24, 2.45) is 0 Å². The third-order valence-corrected chi connectivity index (χ3v) is 5.44. The van der Waals surface area contributed by atoms with Crippen molar-refractivity contribution in [1.82, 2.24) is 20.1 Å². The zero-order chi connectivity index (χ0) is 20.6. The molecular weight excluding hydrogens is 384 g/mol. The molecule has 0 aliphatic heterocycles. The number of aromatic nitrogens is 3. The fraction of sp³-hybridized carbons (Fsp3) is 0.227. The van der Waals surface area contributed by atoms with Crippen molar-refractivity contribution in [3.05, 3.63) is 72.8 Å². The van der Waals surface area contributed by atoms with E-state index in [-0.39, 0.29) is 11.2 Å². The van der Waals surface area contributed by atoms with E-state index in [1.54, 1.807) is 13.2 Å². The number of methoxy groups -OCH3 is 1. The van der Waals surface area contributed by atoms with Crippen molar-refractivity contribution in [3.8, 4) is 17.1 Å². The Labute approximate surface area is 175 Å². The summed E-state index contributed by atoms with van der Waals surface area (Å²) in [5.41, 5.74) is 1.91. The van der Waals surface area contributed by atoms with Gasteiger partial charge in [-0.15, -0.1) is 16.8 Å². The number of ether oxygens (including phenoxy) is 1. The molecule has 0 bridgehead atoms. The van der Waals surface area contributed by atoms with E-state index in [0.717, 1.165) is 22.7 Å². The van der Waals surface area contributed by atoms with Crippen LogP contribution in [0.25, 0.3) is 11.4 Å². The minimum atomic E-state index is -0.332. The van der Waals surface area contributed by atoms with Gasteiger partial charge in [-0.25, -0.2) is 0 Å². The monoisotopic (exact) mass is 408 g/mol. The minimum Gasteiger partial charge on any atom is -0.496 e. The Hall–Kier alpha value is -3.06. The first-order valence-electron chi connectivity index (χ1n) is 9.29. The lowest BCUT2D eigenvalue weighted by molar-refractivity contribution is -0.120. The van der Waals surface area contributed by atoms with Crippen LogP contribution in [0.1, 0.15) is 12.5 Å². The van der Waals surface area contributed by atoms with Gasteiger partial charge in [0.2, 0.25) is 5.91 Å². The van der Waals surface area contributed by atoms with Gasteiger partial charge in [0.25, 0.3) is 0 Å². The lowest BCUT2D eigenvalue weighted by Gasteiger charge is -2.14. The van der Waals surface area contributed by atoms with Crippen LogP contribution in [0.4, 0.5) is 0 Å². The van der Waals surface area contributed by atoms with Crippen molar-refractivity contribution < 1.29 is 9.53 Å². The molecule has 150 valence electrons. The predicted molar refractivity (Wildman–Crippen MR) is 116 cm³/mol. The predicted octanol–water partition coefficient (Wildman–Crippen LogP) is 3.94. The molecule has 29 heavy (non-hydrogen) atoms. The summed E-state index contributed by atoms with van der Waals surface area (Å²) in [4.78, 5) is 12.6. The number of hydrogen-bond acceptors (Lipinski definition) is 5. The molecule has 0 saturated carbocycles. The number of nitrogens with zero attached hydrogens (tertiary/aromatic N) is 3. The van der Waals surface area contributed by atoms with Crippen LogP contribution in [0.15, 0.2) is 72.4 Å². The summed E-state index contributed by atoms with van der Waals surface area (Å²) in [5.74, 6) is 1.44. The van der Waals surface area contributed by atoms with Crippen LogP contribution in [0.5, 0.6) is 5.75 Å². The van der Waals surface area contributed by atoms with Gasteiger partial charge in [0.05, 0.1) is 12.4 Å². The Morgan fingerprint density at radius 2 is 1.93 bits per heavy atom. The zero-order valence-electron chi connectivity index (χ0n) is 16.5. The summed E-state index contributed by atoms with van der Waals surface area (Å²) in [7, 11) is 1.62. The molecule has 1 N–H and O–H groups in total. The SMILES string of the molecule is C=CCn1c(S[C@H](C)C(=O)NCc2ccccc2OC)nnc1-c1ccccc1. The van der Waals surface area contributed by atoms with Crippen molar-refractivity contribution in [1.29, 1.82) is 0 Å². The van der Waals surface area contributed by atoms with Gasteiger partial charge < -0.3 is 10.1 Å². The van der Waals surface area contributed by atoms with Gasteiger partial charge in [-0.1, -0.05) is 66.4 Å². The van der Waals surface area contributed by atoms with Crippen LogP contribution in [0.3, 0.4) is 0 Å². The topological polar surface area (TPSA) is 69.0 Å². The number of carbonyl (C=O) groups is 1. The highest BCUT2D eigenvalue weighted by Crippen LogP contribution is 2.27. The maximum atomic E-state index is 12.6. The number of nitrogens with one attached hydrogen (secondary N) is 1. The molecule has 2 aromatic carbocycles. The average molecular weight is 409 g/mol. The second-order valence-corrected chi connectivity index (χ2v) is 7.67. The third kappa shape index (κ3) is 5.06. The van der Waals surface area contributed by atoms with Crippen molar-refractivity contribution in [2.75, 3.05) is 7.11 Å². The third-order valence-electron chi connectivity index (χ3n) is 4.36. The maximum Gasteiger partial charge on any atom is 0.233 e. The fourth-order valence-corrected chi connectivity index (χ4v) is 3.74. The lowest BCUT2D eigenvalue weighted by atomic mass is 10.2. The molecule has 0 aliphatic rings. The highest BCUT2D eigenvalue weighted by Gasteiger charge is 2.20. The largest absolute Gasteiger partial charge is 0.496 e. The molecule has 6 nitrogen and oxygen atoms in total. The van der Waals surface area contributed by atoms with E-state index in [4.69, 9.17) is 4.74 Å². The molecule has 0 aliphatic carbocycles. The van der Waals surface area contributed by atoms with E-state index < -0.39 is 0 Å². The second-order valence-electron chi connectivity index (χ2n) is 6.36. The Balaban J connectivity index is 1.69. The minimum absolute atomic E-state index is 0.0738. The normalized spacial score (nSPS) is 11.7. The summed E-state index contributed by atoms with van der Waals surface area (Å²) in [6, 6.07) is 17.5. The number of thioether (sulfide) groups is 1. The number of para-hydroxylation sites is 1. The highest BCUT2D eigenvalue weighted by molar-refractivity contribution is 8.00. The van der Waals surface area contributed by atoms with Crippen molar-refractivity contribution in [3.63, 3.8) is 0 Å². The van der Waals surface area contributed by atoms with Gasteiger partial charge in [0, 0.05) is 24.2 Å². The zero-order valence-corrected chi connectivity index (χ0v) is 17.4. The Bertz CT molecular complexity index is 972. The van der Waals surface area contributed by atoms with Crippen LogP contribution in [-0.4, -0.2) is 33.0 Å². The smallest absolute Gasteiger partial charge is 0.233 e. The average Bonchev–Trinajstić information content (AvgIpc) is 3.15. The van der Waals surface area contributed by atoms with E-state index in [1.807, 2.05) is 66.1 Å². The van der Waals surface area contributed by atoms with Gasteiger partial charge in [0.1, 0.15) is 5.75 Å². The quantitative estimate of drug-likeness (QED) is 0.429. The van der Waals surface area contributed by atoms with Gasteiger partial charge in [-0.2, -0.15) is 0 Å². The Morgan fingerprint density at radius 1 is 1.21 bits per heavy atom. The first kappa shape index (κ1) is 20.7. The first-order valence-corrected chi connectivity index (χ1v) is 10.2. The Morgan fingerprint density at radius 3 is 2.66 bits per heavy atom. The standard InChI is InChI=1S/C22H24N4O2S/c1-4-14-26-20(17-10-6-5-7-11-17)24-25-22(26)29-16(2)21(27)23-15-18-12-8-9-13-19(18)28-3/h4-13,16H,1,14-15H2,2-3H3,(H,23,27)/t16-/m1/s1. The molecular formula is C22H24N4O2S. The summed E-state index contributed by atoms with van der Waals surface area (Å²) in [6.07, 6.45) is 1.80. The summed E-state index contributed by atoms with van der Waals surface area (Å²) >= 11 is 1.38. The van der Waals surface area contributed by atoms with E-state index >= 15 is 0 Å². The van der Waals surface area contributed by atoms with Crippen LogP contribution >= 0.6 is 11.8 Å². The number of benzene rings is 2. The molecule has 1 atom stereocenters. The molecule has 3 aromatic rings. The lowest BCUT2D eigenvalue weighted by Crippen LogP contribution is -2.30. The van der Waals surface area contributed by atoms with Crippen LogP contribution in [-0.2, 0) is 17.9 Å². The second kappa shape index (κ2) is 9.93. The molecule has 1 heterocycles. The van der Waals surface area contributed by atoms with E-state index in [0.29, 0.717) is 18.2 Å². The number of amides is 1. The molecule has 0 unspecified atom stereocenters. The van der Waals surface area contributed by atoms with Crippen LogP contribution < -0.4 is 10.1 Å². The van der Waals surface area contributed by atoms with Crippen molar-refractivity contribution in [2.45, 2.75) is 30.4 Å². The number of hydrogen-bond donors (Lipinski definition) is 1. The van der Waals surface area contributed by atoms with Gasteiger partial charge >= 0.3 is 0 Å². The summed E-state index contributed by atoms with van der Waals surface area (Å²) < 4.78 is 7.30. The van der Waals surface area contributed by atoms with Crippen molar-refractivity contribution >= 4 is 17.7 Å². The highest BCUT2D eigenvalue weighted by atomic mass is 32.2. The number of carbonyl (C=O) groups excluding carboxylic acids is 1. The summed E-state index contributed by atoms with van der Waals surface area (Å²) in [6.45, 7) is 6.66. The van der Waals surface area contributed by atoms with Crippen LogP contribution in [0.2, 0.25) is 0 Å². The Kier molecular flexibility index (Phi) is 7.08. The molecule has 7 heteroatoms. The molecule has 0 spiro atoms. The number of allylic oxidation sites excluding steroid dienone is 1. The van der Waals surface area contributed by atoms with Crippen LogP contribution in [0, 0.1) is 0 Å². The van der Waals surface area contributed by atoms with Gasteiger partial charge in [-0.3, -0.25) is 9.36 Å². The maximum absolute atomic E-state index is 12.6. The van der Waals surface area contributed by atoms with Gasteiger partial charge in [0.15, 0.2) is 11.0 Å².